The van der Waals surface area contributed by atoms with E-state index in [-0.39, 0.29) is 17.5 Å². The number of benzene rings is 3. The van der Waals surface area contributed by atoms with Crippen LogP contribution in [-0.4, -0.2) is 74.1 Å². The maximum Gasteiger partial charge on any atom is 0.335 e. The standard InChI is InChI=1S/C44H48Cl2N6O4/c1-24-17-31(18-25(2)40(24)46)56-16-8-9-32-33-11-12-35(45)39(38-27(4)47-49(7)28(38)5)41(33)52-26(3)20-51(43(53)42(32)52)37-23-50(22-29-14-15-48(6)21-29)36-13-10-30(44(54)55)19-34(36)37/h10-13,17-19,23,26,29H,8-9,14-16,20-22H2,1-7H3,(H,54,55)/t26-,29+/m1/s1. The topological polar surface area (TPSA) is 97.8 Å². The van der Waals surface area contributed by atoms with Crippen molar-refractivity contribution in [3.8, 4) is 16.9 Å². The fourth-order valence-electron chi connectivity index (χ4n) is 9.17. The van der Waals surface area contributed by atoms with Crippen LogP contribution in [-0.2, 0) is 20.0 Å². The van der Waals surface area contributed by atoms with Crippen molar-refractivity contribution in [3.05, 3.63) is 98.0 Å². The fourth-order valence-corrected chi connectivity index (χ4v) is 9.52. The van der Waals surface area contributed by atoms with Crippen molar-refractivity contribution >= 4 is 62.6 Å². The Kier molecular flexibility index (Phi) is 9.96. The highest BCUT2D eigenvalue weighted by Gasteiger charge is 2.38. The first-order chi connectivity index (χ1) is 26.7. The van der Waals surface area contributed by atoms with Crippen LogP contribution in [0.15, 0.2) is 48.7 Å². The summed E-state index contributed by atoms with van der Waals surface area (Å²) in [5.41, 5.74) is 9.95. The molecule has 0 radical (unpaired) electrons. The minimum Gasteiger partial charge on any atom is -0.494 e. The number of hydrogen-bond donors (Lipinski definition) is 1. The molecule has 1 amide bonds. The number of aromatic nitrogens is 4. The molecular weight excluding hydrogens is 747 g/mol. The summed E-state index contributed by atoms with van der Waals surface area (Å²) in [6.45, 7) is 13.8. The van der Waals surface area contributed by atoms with Gasteiger partial charge in [-0.3, -0.25) is 9.48 Å². The van der Waals surface area contributed by atoms with Gasteiger partial charge < -0.3 is 28.8 Å². The van der Waals surface area contributed by atoms with Crippen LogP contribution in [0.3, 0.4) is 0 Å². The van der Waals surface area contributed by atoms with E-state index in [2.05, 4.69) is 34.2 Å². The molecule has 3 aromatic carbocycles. The maximum absolute atomic E-state index is 15.3. The summed E-state index contributed by atoms with van der Waals surface area (Å²) in [5, 5.41) is 17.8. The van der Waals surface area contributed by atoms with E-state index >= 15 is 4.79 Å². The fraction of sp³-hybridized carbons (Fsp3) is 0.386. The number of likely N-dealkylation sites (tertiary alicyclic amines) is 1. The van der Waals surface area contributed by atoms with E-state index in [0.717, 1.165) is 104 Å². The van der Waals surface area contributed by atoms with Crippen LogP contribution in [0, 0.1) is 33.6 Å². The zero-order chi connectivity index (χ0) is 39.7. The number of aryl methyl sites for hydroxylation is 5. The van der Waals surface area contributed by atoms with E-state index in [1.165, 1.54) is 0 Å². The van der Waals surface area contributed by atoms with Crippen LogP contribution in [0.5, 0.6) is 5.75 Å². The van der Waals surface area contributed by atoms with Crippen LogP contribution in [0.1, 0.15) is 74.7 Å². The van der Waals surface area contributed by atoms with Crippen molar-refractivity contribution in [1.29, 1.82) is 0 Å². The van der Waals surface area contributed by atoms with Crippen molar-refractivity contribution in [2.24, 2.45) is 13.0 Å². The molecular formula is C44H48Cl2N6O4. The lowest BCUT2D eigenvalue weighted by atomic mass is 9.98. The van der Waals surface area contributed by atoms with E-state index in [1.807, 2.05) is 74.7 Å². The van der Waals surface area contributed by atoms with Crippen LogP contribution in [0.2, 0.25) is 10.0 Å². The molecule has 3 aromatic heterocycles. The lowest BCUT2D eigenvalue weighted by Crippen LogP contribution is -2.42. The van der Waals surface area contributed by atoms with E-state index in [1.54, 1.807) is 12.1 Å². The highest BCUT2D eigenvalue weighted by Crippen LogP contribution is 2.46. The van der Waals surface area contributed by atoms with Crippen molar-refractivity contribution in [3.63, 3.8) is 0 Å². The largest absolute Gasteiger partial charge is 0.494 e. The van der Waals surface area contributed by atoms with E-state index in [0.29, 0.717) is 42.6 Å². The number of carbonyl (C=O) groups is 2. The Labute approximate surface area is 337 Å². The molecule has 8 rings (SSSR count). The summed E-state index contributed by atoms with van der Waals surface area (Å²) in [6.07, 6.45) is 4.40. The van der Waals surface area contributed by atoms with Gasteiger partial charge in [0.25, 0.3) is 5.91 Å². The highest BCUT2D eigenvalue weighted by atomic mass is 35.5. The summed E-state index contributed by atoms with van der Waals surface area (Å²) in [6, 6.07) is 13.0. The summed E-state index contributed by atoms with van der Waals surface area (Å²) in [4.78, 5) is 31.8. The molecule has 1 N–H and O–H groups in total. The van der Waals surface area contributed by atoms with Gasteiger partial charge in [0.1, 0.15) is 11.4 Å². The minimum atomic E-state index is -1.000. The van der Waals surface area contributed by atoms with Crippen LogP contribution >= 0.6 is 23.2 Å². The van der Waals surface area contributed by atoms with Gasteiger partial charge in [-0.15, -0.1) is 0 Å². The van der Waals surface area contributed by atoms with Crippen molar-refractivity contribution in [1.82, 2.24) is 23.8 Å². The third kappa shape index (κ3) is 6.45. The Morgan fingerprint density at radius 1 is 0.982 bits per heavy atom. The van der Waals surface area contributed by atoms with Crippen LogP contribution in [0.4, 0.5) is 5.69 Å². The van der Waals surface area contributed by atoms with Gasteiger partial charge in [0.2, 0.25) is 0 Å². The summed E-state index contributed by atoms with van der Waals surface area (Å²) in [7, 11) is 4.08. The molecule has 0 aliphatic carbocycles. The number of anilines is 1. The maximum atomic E-state index is 15.3. The zero-order valence-electron chi connectivity index (χ0n) is 33.0. The predicted molar refractivity (Wildman–Crippen MR) is 224 cm³/mol. The zero-order valence-corrected chi connectivity index (χ0v) is 34.6. The molecule has 2 aliphatic heterocycles. The van der Waals surface area contributed by atoms with Gasteiger partial charge in [0, 0.05) is 71.5 Å². The van der Waals surface area contributed by atoms with E-state index in [9.17, 15) is 9.90 Å². The molecule has 1 saturated heterocycles. The molecule has 12 heteroatoms. The molecule has 6 aromatic rings. The number of carboxylic acid groups (broad SMARTS) is 1. The second kappa shape index (κ2) is 14.6. The van der Waals surface area contributed by atoms with Crippen LogP contribution in [0.25, 0.3) is 32.9 Å². The summed E-state index contributed by atoms with van der Waals surface area (Å²) < 4.78 is 12.5. The first-order valence-electron chi connectivity index (χ1n) is 19.3. The number of carboxylic acids is 1. The Balaban J connectivity index is 1.26. The Hall–Kier alpha value is -4.77. The number of hydrogen-bond acceptors (Lipinski definition) is 5. The number of fused-ring (bicyclic) bond motifs is 4. The molecule has 56 heavy (non-hydrogen) atoms. The summed E-state index contributed by atoms with van der Waals surface area (Å²) >= 11 is 13.6. The molecule has 2 aliphatic rings. The monoisotopic (exact) mass is 794 g/mol. The smallest absolute Gasteiger partial charge is 0.335 e. The van der Waals surface area contributed by atoms with Gasteiger partial charge in [0.05, 0.1) is 39.6 Å². The summed E-state index contributed by atoms with van der Waals surface area (Å²) in [5.74, 6) is 0.0989. The average molecular weight is 796 g/mol. The molecule has 0 unspecified atom stereocenters. The van der Waals surface area contributed by atoms with Gasteiger partial charge in [-0.1, -0.05) is 29.3 Å². The first kappa shape index (κ1) is 38.1. The third-order valence-corrected chi connectivity index (χ3v) is 12.8. The molecule has 0 saturated carbocycles. The van der Waals surface area contributed by atoms with Crippen molar-refractivity contribution in [2.75, 3.05) is 38.2 Å². The molecule has 0 bridgehead atoms. The van der Waals surface area contributed by atoms with Gasteiger partial charge in [-0.2, -0.15) is 5.10 Å². The van der Waals surface area contributed by atoms with Gasteiger partial charge in [-0.25, -0.2) is 4.79 Å². The number of carbonyl (C=O) groups excluding carboxylic acids is 1. The molecule has 292 valence electrons. The number of aromatic carboxylic acids is 1. The SMILES string of the molecule is Cc1cc(OCCCc2c3n(c4c(-c5c(C)nn(C)c5C)c(Cl)ccc24)[C@H](C)CN(c2cn(C[C@H]4CCN(C)C4)c4ccc(C(=O)O)cc24)C3=O)cc(C)c1Cl. The Morgan fingerprint density at radius 3 is 2.39 bits per heavy atom. The molecule has 10 nitrogen and oxygen atoms in total. The Bertz CT molecular complexity index is 2540. The van der Waals surface area contributed by atoms with E-state index in [4.69, 9.17) is 33.0 Å². The number of ether oxygens (including phenoxy) is 1. The van der Waals surface area contributed by atoms with E-state index < -0.39 is 5.97 Å². The normalized spacial score (nSPS) is 17.4. The number of halogens is 2. The number of nitrogens with zero attached hydrogens (tertiary/aromatic N) is 6. The average Bonchev–Trinajstić information content (AvgIpc) is 3.89. The van der Waals surface area contributed by atoms with Gasteiger partial charge in [-0.05, 0) is 126 Å². The van der Waals surface area contributed by atoms with Crippen molar-refractivity contribution < 1.29 is 19.4 Å². The number of rotatable bonds is 10. The van der Waals surface area contributed by atoms with Crippen molar-refractivity contribution in [2.45, 2.75) is 66.5 Å². The predicted octanol–water partition coefficient (Wildman–Crippen LogP) is 9.42. The molecule has 0 spiro atoms. The van der Waals surface area contributed by atoms with Gasteiger partial charge in [0.15, 0.2) is 0 Å². The lowest BCUT2D eigenvalue weighted by molar-refractivity contribution is 0.0696. The first-order valence-corrected chi connectivity index (χ1v) is 20.1. The molecule has 2 atom stereocenters. The van der Waals surface area contributed by atoms with Gasteiger partial charge >= 0.3 is 5.97 Å². The minimum absolute atomic E-state index is 0.124. The lowest BCUT2D eigenvalue weighted by Gasteiger charge is -2.34. The highest BCUT2D eigenvalue weighted by molar-refractivity contribution is 6.35. The van der Waals surface area contributed by atoms with Crippen LogP contribution < -0.4 is 9.64 Å². The second-order valence-corrected chi connectivity index (χ2v) is 16.7. The molecule has 1 fully saturated rings. The quantitative estimate of drug-likeness (QED) is 0.139. The number of amides is 1. The second-order valence-electron chi connectivity index (χ2n) is 15.9. The third-order valence-electron chi connectivity index (χ3n) is 11.9. The Morgan fingerprint density at radius 2 is 1.73 bits per heavy atom. The molecule has 5 heterocycles.